The van der Waals surface area contributed by atoms with E-state index in [1.54, 1.807) is 18.2 Å². The van der Waals surface area contributed by atoms with E-state index in [9.17, 15) is 9.90 Å². The Morgan fingerprint density at radius 1 is 1.42 bits per heavy atom. The molecule has 1 aromatic rings. The summed E-state index contributed by atoms with van der Waals surface area (Å²) in [7, 11) is 0. The van der Waals surface area contributed by atoms with Gasteiger partial charge in [0.2, 0.25) is 0 Å². The molecule has 4 nitrogen and oxygen atoms in total. The molecule has 0 spiro atoms. The van der Waals surface area contributed by atoms with Crippen LogP contribution in [0.25, 0.3) is 0 Å². The van der Waals surface area contributed by atoms with Gasteiger partial charge in [-0.1, -0.05) is 29.3 Å². The molecule has 0 heterocycles. The summed E-state index contributed by atoms with van der Waals surface area (Å²) in [4.78, 5) is 10.8. The average Bonchev–Trinajstić information content (AvgIpc) is 2.42. The zero-order valence-electron chi connectivity index (χ0n) is 11.0. The van der Waals surface area contributed by atoms with E-state index in [1.165, 1.54) is 0 Å². The zero-order chi connectivity index (χ0) is 14.1. The standard InChI is InChI=1S/C14H19BrO4/c1-2-3-6-18-9-12(17)10-19-13-4-5-14(15)11(7-13)8-16/h4-5,7-8,12,17H,2-3,6,9-10H2,1H3. The number of rotatable bonds is 9. The molecule has 106 valence electrons. The molecule has 19 heavy (non-hydrogen) atoms. The Hall–Kier alpha value is -0.910. The van der Waals surface area contributed by atoms with Crippen LogP contribution in [0.3, 0.4) is 0 Å². The second kappa shape index (κ2) is 9.07. The van der Waals surface area contributed by atoms with Crippen LogP contribution in [0.2, 0.25) is 0 Å². The second-order valence-corrected chi connectivity index (χ2v) is 5.05. The number of hydrogen-bond acceptors (Lipinski definition) is 4. The van der Waals surface area contributed by atoms with Crippen molar-refractivity contribution in [1.82, 2.24) is 0 Å². The number of benzene rings is 1. The van der Waals surface area contributed by atoms with E-state index >= 15 is 0 Å². The average molecular weight is 331 g/mol. The van der Waals surface area contributed by atoms with Crippen LogP contribution in [0.1, 0.15) is 30.1 Å². The van der Waals surface area contributed by atoms with Crippen LogP contribution in [0.4, 0.5) is 0 Å². The van der Waals surface area contributed by atoms with Crippen molar-refractivity contribution in [2.24, 2.45) is 0 Å². The van der Waals surface area contributed by atoms with E-state index < -0.39 is 6.10 Å². The van der Waals surface area contributed by atoms with E-state index in [-0.39, 0.29) is 13.2 Å². The van der Waals surface area contributed by atoms with Gasteiger partial charge in [0.15, 0.2) is 6.29 Å². The number of aliphatic hydroxyl groups is 1. The summed E-state index contributed by atoms with van der Waals surface area (Å²) in [6.45, 7) is 3.14. The van der Waals surface area contributed by atoms with Gasteiger partial charge in [-0.05, 0) is 24.6 Å². The molecule has 0 saturated carbocycles. The molecular weight excluding hydrogens is 312 g/mol. The fourth-order valence-corrected chi connectivity index (χ4v) is 1.75. The lowest BCUT2D eigenvalue weighted by atomic mass is 10.2. The molecule has 1 rings (SSSR count). The van der Waals surface area contributed by atoms with Crippen LogP contribution in [-0.4, -0.2) is 37.3 Å². The van der Waals surface area contributed by atoms with Gasteiger partial charge in [-0.3, -0.25) is 4.79 Å². The lowest BCUT2D eigenvalue weighted by Crippen LogP contribution is -2.23. The van der Waals surface area contributed by atoms with Crippen molar-refractivity contribution in [3.8, 4) is 5.75 Å². The van der Waals surface area contributed by atoms with Crippen molar-refractivity contribution < 1.29 is 19.4 Å². The highest BCUT2D eigenvalue weighted by Crippen LogP contribution is 2.21. The number of unbranched alkanes of at least 4 members (excludes halogenated alkanes) is 1. The van der Waals surface area contributed by atoms with Gasteiger partial charge in [0, 0.05) is 16.6 Å². The van der Waals surface area contributed by atoms with E-state index in [1.807, 2.05) is 0 Å². The molecule has 0 amide bonds. The summed E-state index contributed by atoms with van der Waals surface area (Å²) >= 11 is 3.26. The summed E-state index contributed by atoms with van der Waals surface area (Å²) in [5.41, 5.74) is 0.520. The zero-order valence-corrected chi connectivity index (χ0v) is 12.6. The first kappa shape index (κ1) is 16.1. The van der Waals surface area contributed by atoms with Gasteiger partial charge >= 0.3 is 0 Å². The second-order valence-electron chi connectivity index (χ2n) is 4.19. The number of halogens is 1. The number of ether oxygens (including phenoxy) is 2. The first-order valence-corrected chi connectivity index (χ1v) is 7.10. The van der Waals surface area contributed by atoms with Crippen LogP contribution in [-0.2, 0) is 4.74 Å². The van der Waals surface area contributed by atoms with Gasteiger partial charge in [-0.25, -0.2) is 0 Å². The smallest absolute Gasteiger partial charge is 0.151 e. The van der Waals surface area contributed by atoms with Crippen LogP contribution in [0, 0.1) is 0 Å². The molecule has 1 unspecified atom stereocenters. The predicted octanol–water partition coefficient (Wildman–Crippen LogP) is 2.82. The number of hydrogen-bond donors (Lipinski definition) is 1. The molecule has 0 bridgehead atoms. The minimum Gasteiger partial charge on any atom is -0.491 e. The Labute approximate surface area is 121 Å². The maximum absolute atomic E-state index is 10.8. The monoisotopic (exact) mass is 330 g/mol. The molecule has 5 heteroatoms. The quantitative estimate of drug-likeness (QED) is 0.558. The maximum atomic E-state index is 10.8. The molecule has 0 fully saturated rings. The Morgan fingerprint density at radius 2 is 2.21 bits per heavy atom. The van der Waals surface area contributed by atoms with Crippen molar-refractivity contribution in [3.63, 3.8) is 0 Å². The highest BCUT2D eigenvalue weighted by molar-refractivity contribution is 9.10. The summed E-state index contributed by atoms with van der Waals surface area (Å²) in [6, 6.07) is 5.10. The lowest BCUT2D eigenvalue weighted by molar-refractivity contribution is 0.0113. The normalized spacial score (nSPS) is 12.2. The molecule has 1 atom stereocenters. The largest absolute Gasteiger partial charge is 0.491 e. The number of aldehydes is 1. The van der Waals surface area contributed by atoms with Crippen molar-refractivity contribution >= 4 is 22.2 Å². The van der Waals surface area contributed by atoms with Crippen LogP contribution >= 0.6 is 15.9 Å². The lowest BCUT2D eigenvalue weighted by Gasteiger charge is -2.13. The highest BCUT2D eigenvalue weighted by atomic mass is 79.9. The van der Waals surface area contributed by atoms with Crippen molar-refractivity contribution in [3.05, 3.63) is 28.2 Å². The Morgan fingerprint density at radius 3 is 2.89 bits per heavy atom. The number of aliphatic hydroxyl groups excluding tert-OH is 1. The van der Waals surface area contributed by atoms with Gasteiger partial charge in [-0.2, -0.15) is 0 Å². The van der Waals surface area contributed by atoms with Crippen molar-refractivity contribution in [2.45, 2.75) is 25.9 Å². The molecule has 0 radical (unpaired) electrons. The molecule has 0 aromatic heterocycles. The van der Waals surface area contributed by atoms with Crippen molar-refractivity contribution in [2.75, 3.05) is 19.8 Å². The maximum Gasteiger partial charge on any atom is 0.151 e. The molecule has 0 aliphatic rings. The fourth-order valence-electron chi connectivity index (χ4n) is 1.41. The van der Waals surface area contributed by atoms with Gasteiger partial charge in [0.05, 0.1) is 6.61 Å². The molecule has 0 aliphatic heterocycles. The number of carbonyl (C=O) groups excluding carboxylic acids is 1. The van der Waals surface area contributed by atoms with Crippen LogP contribution in [0.15, 0.2) is 22.7 Å². The number of carbonyl (C=O) groups is 1. The van der Waals surface area contributed by atoms with Gasteiger partial charge in [0.25, 0.3) is 0 Å². The molecular formula is C14H19BrO4. The predicted molar refractivity (Wildman–Crippen MR) is 76.8 cm³/mol. The van der Waals surface area contributed by atoms with Crippen LogP contribution < -0.4 is 4.74 Å². The molecule has 0 aliphatic carbocycles. The minimum absolute atomic E-state index is 0.145. The van der Waals surface area contributed by atoms with Crippen LogP contribution in [0.5, 0.6) is 5.75 Å². The van der Waals surface area contributed by atoms with E-state index in [2.05, 4.69) is 22.9 Å². The van der Waals surface area contributed by atoms with Crippen molar-refractivity contribution in [1.29, 1.82) is 0 Å². The summed E-state index contributed by atoms with van der Waals surface area (Å²) in [5, 5.41) is 9.66. The first-order valence-electron chi connectivity index (χ1n) is 6.30. The van der Waals surface area contributed by atoms with Gasteiger partial charge < -0.3 is 14.6 Å². The summed E-state index contributed by atoms with van der Waals surface area (Å²) in [5.74, 6) is 0.554. The third-order valence-electron chi connectivity index (χ3n) is 2.49. The molecule has 0 saturated heterocycles. The van der Waals surface area contributed by atoms with Gasteiger partial charge in [0.1, 0.15) is 18.5 Å². The van der Waals surface area contributed by atoms with E-state index in [4.69, 9.17) is 9.47 Å². The fraction of sp³-hybridized carbons (Fsp3) is 0.500. The highest BCUT2D eigenvalue weighted by Gasteiger charge is 2.07. The van der Waals surface area contributed by atoms with Gasteiger partial charge in [-0.15, -0.1) is 0 Å². The Balaban J connectivity index is 2.33. The minimum atomic E-state index is -0.666. The van der Waals surface area contributed by atoms with E-state index in [0.717, 1.165) is 23.6 Å². The topological polar surface area (TPSA) is 55.8 Å². The SMILES string of the molecule is CCCCOCC(O)COc1ccc(Br)c(C=O)c1. The summed E-state index contributed by atoms with van der Waals surface area (Å²) < 4.78 is 11.4. The molecule has 1 N–H and O–H groups in total. The third-order valence-corrected chi connectivity index (χ3v) is 3.21. The summed E-state index contributed by atoms with van der Waals surface area (Å²) in [6.07, 6.45) is 2.14. The van der Waals surface area contributed by atoms with E-state index in [0.29, 0.717) is 17.9 Å². The Kier molecular flexibility index (Phi) is 7.70. The Bertz CT molecular complexity index is 395. The third kappa shape index (κ3) is 6.18. The molecule has 1 aromatic carbocycles. The first-order chi connectivity index (χ1) is 9.17.